The third-order valence-electron chi connectivity index (χ3n) is 4.13. The highest BCUT2D eigenvalue weighted by Gasteiger charge is 2.30. The van der Waals surface area contributed by atoms with Crippen molar-refractivity contribution in [2.45, 2.75) is 39.5 Å². The minimum absolute atomic E-state index is 0.125. The van der Waals surface area contributed by atoms with Gasteiger partial charge < -0.3 is 15.3 Å². The Morgan fingerprint density at radius 1 is 1.28 bits per heavy atom. The van der Waals surface area contributed by atoms with E-state index in [-0.39, 0.29) is 5.92 Å². The molecule has 1 fully saturated rings. The zero-order valence-corrected chi connectivity index (χ0v) is 11.8. The van der Waals surface area contributed by atoms with Crippen LogP contribution in [0.3, 0.4) is 0 Å². The monoisotopic (exact) mass is 256 g/mol. The number of nitrogens with one attached hydrogen (secondary N) is 1. The summed E-state index contributed by atoms with van der Waals surface area (Å²) in [6.07, 6.45) is 4.19. The summed E-state index contributed by atoms with van der Waals surface area (Å²) >= 11 is 0. The summed E-state index contributed by atoms with van der Waals surface area (Å²) in [6.45, 7) is 9.38. The van der Waals surface area contributed by atoms with E-state index in [9.17, 15) is 9.90 Å². The first-order valence-electron chi connectivity index (χ1n) is 7.34. The molecule has 0 aromatic carbocycles. The SMILES string of the molecule is CCN(CC)CCNCC1CCCCC1C(=O)O. The highest BCUT2D eigenvalue weighted by Crippen LogP contribution is 2.29. The van der Waals surface area contributed by atoms with Crippen LogP contribution in [0.25, 0.3) is 0 Å². The van der Waals surface area contributed by atoms with E-state index in [1.165, 1.54) is 6.42 Å². The second-order valence-electron chi connectivity index (χ2n) is 5.22. The molecule has 0 aromatic heterocycles. The maximum atomic E-state index is 11.2. The number of carbonyl (C=O) groups is 1. The van der Waals surface area contributed by atoms with Crippen molar-refractivity contribution in [1.29, 1.82) is 0 Å². The Kier molecular flexibility index (Phi) is 7.28. The summed E-state index contributed by atoms with van der Waals surface area (Å²) in [5.74, 6) is -0.405. The van der Waals surface area contributed by atoms with Crippen LogP contribution in [0.5, 0.6) is 0 Å². The molecule has 0 bridgehead atoms. The molecular weight excluding hydrogens is 228 g/mol. The summed E-state index contributed by atoms with van der Waals surface area (Å²) in [7, 11) is 0. The molecule has 2 unspecified atom stereocenters. The van der Waals surface area contributed by atoms with Crippen molar-refractivity contribution in [2.75, 3.05) is 32.7 Å². The minimum atomic E-state index is -0.606. The quantitative estimate of drug-likeness (QED) is 0.650. The molecule has 106 valence electrons. The van der Waals surface area contributed by atoms with Gasteiger partial charge in [0.25, 0.3) is 0 Å². The predicted molar refractivity (Wildman–Crippen MR) is 73.7 cm³/mol. The van der Waals surface area contributed by atoms with Crippen molar-refractivity contribution in [3.05, 3.63) is 0 Å². The number of carboxylic acid groups (broad SMARTS) is 1. The van der Waals surface area contributed by atoms with Gasteiger partial charge >= 0.3 is 5.97 Å². The van der Waals surface area contributed by atoms with E-state index in [2.05, 4.69) is 24.1 Å². The Bertz CT molecular complexity index is 242. The fourth-order valence-corrected chi connectivity index (χ4v) is 2.84. The van der Waals surface area contributed by atoms with Crippen molar-refractivity contribution in [3.63, 3.8) is 0 Å². The standard InChI is InChI=1S/C14H28N2O2/c1-3-16(4-2)10-9-15-11-12-7-5-6-8-13(12)14(17)18/h12-13,15H,3-11H2,1-2H3,(H,17,18). The van der Waals surface area contributed by atoms with Gasteiger partial charge in [-0.15, -0.1) is 0 Å². The molecule has 4 heteroatoms. The lowest BCUT2D eigenvalue weighted by molar-refractivity contribution is -0.144. The van der Waals surface area contributed by atoms with E-state index < -0.39 is 5.97 Å². The number of aliphatic carboxylic acids is 1. The first kappa shape index (κ1) is 15.4. The molecule has 0 heterocycles. The Balaban J connectivity index is 2.22. The van der Waals surface area contributed by atoms with E-state index in [1.807, 2.05) is 0 Å². The molecule has 0 spiro atoms. The molecule has 18 heavy (non-hydrogen) atoms. The van der Waals surface area contributed by atoms with Crippen LogP contribution in [0.4, 0.5) is 0 Å². The van der Waals surface area contributed by atoms with Gasteiger partial charge in [0.2, 0.25) is 0 Å². The molecule has 2 N–H and O–H groups in total. The van der Waals surface area contributed by atoms with Crippen molar-refractivity contribution in [2.24, 2.45) is 11.8 Å². The van der Waals surface area contributed by atoms with Gasteiger partial charge in [-0.3, -0.25) is 4.79 Å². The fraction of sp³-hybridized carbons (Fsp3) is 0.929. The normalized spacial score (nSPS) is 24.4. The smallest absolute Gasteiger partial charge is 0.306 e. The summed E-state index contributed by atoms with van der Waals surface area (Å²) < 4.78 is 0. The number of carboxylic acids is 1. The molecule has 0 amide bonds. The number of likely N-dealkylation sites (N-methyl/N-ethyl adjacent to an activating group) is 1. The number of hydrogen-bond acceptors (Lipinski definition) is 3. The highest BCUT2D eigenvalue weighted by atomic mass is 16.4. The summed E-state index contributed by atoms with van der Waals surface area (Å²) in [5, 5.41) is 12.6. The molecule has 1 saturated carbocycles. The van der Waals surface area contributed by atoms with E-state index in [4.69, 9.17) is 0 Å². The van der Waals surface area contributed by atoms with Crippen molar-refractivity contribution < 1.29 is 9.90 Å². The summed E-state index contributed by atoms with van der Waals surface area (Å²) in [5.41, 5.74) is 0. The van der Waals surface area contributed by atoms with Gasteiger partial charge in [0.1, 0.15) is 0 Å². The number of nitrogens with zero attached hydrogens (tertiary/aromatic N) is 1. The molecule has 4 nitrogen and oxygen atoms in total. The maximum absolute atomic E-state index is 11.2. The van der Waals surface area contributed by atoms with E-state index in [1.54, 1.807) is 0 Å². The van der Waals surface area contributed by atoms with Crippen LogP contribution in [0, 0.1) is 11.8 Å². The van der Waals surface area contributed by atoms with Gasteiger partial charge in [-0.1, -0.05) is 26.7 Å². The predicted octanol–water partition coefficient (Wildman–Crippen LogP) is 1.81. The first-order chi connectivity index (χ1) is 8.69. The molecule has 0 radical (unpaired) electrons. The molecule has 0 aromatic rings. The molecule has 1 aliphatic carbocycles. The third kappa shape index (κ3) is 4.94. The second-order valence-corrected chi connectivity index (χ2v) is 5.22. The van der Waals surface area contributed by atoms with E-state index >= 15 is 0 Å². The van der Waals surface area contributed by atoms with Gasteiger partial charge in [-0.05, 0) is 38.4 Å². The van der Waals surface area contributed by atoms with Crippen LogP contribution < -0.4 is 5.32 Å². The van der Waals surface area contributed by atoms with Gasteiger partial charge in [0.15, 0.2) is 0 Å². The van der Waals surface area contributed by atoms with Crippen molar-refractivity contribution in [3.8, 4) is 0 Å². The lowest BCUT2D eigenvalue weighted by atomic mass is 9.79. The molecule has 1 aliphatic rings. The summed E-state index contributed by atoms with van der Waals surface area (Å²) in [6, 6.07) is 0. The van der Waals surface area contributed by atoms with Crippen LogP contribution >= 0.6 is 0 Å². The zero-order chi connectivity index (χ0) is 13.4. The number of rotatable bonds is 8. The lowest BCUT2D eigenvalue weighted by Gasteiger charge is -2.29. The van der Waals surface area contributed by atoms with Crippen molar-refractivity contribution >= 4 is 5.97 Å². The molecule has 0 aliphatic heterocycles. The van der Waals surface area contributed by atoms with Crippen LogP contribution in [0.2, 0.25) is 0 Å². The Labute approximate surface area is 111 Å². The average Bonchev–Trinajstić information content (AvgIpc) is 2.39. The zero-order valence-electron chi connectivity index (χ0n) is 11.8. The van der Waals surface area contributed by atoms with Crippen LogP contribution in [0.1, 0.15) is 39.5 Å². The molecule has 2 atom stereocenters. The van der Waals surface area contributed by atoms with Crippen LogP contribution in [0.15, 0.2) is 0 Å². The maximum Gasteiger partial charge on any atom is 0.306 e. The van der Waals surface area contributed by atoms with Crippen LogP contribution in [-0.4, -0.2) is 48.7 Å². The third-order valence-corrected chi connectivity index (χ3v) is 4.13. The van der Waals surface area contributed by atoms with Crippen molar-refractivity contribution in [1.82, 2.24) is 10.2 Å². The Morgan fingerprint density at radius 3 is 2.56 bits per heavy atom. The van der Waals surface area contributed by atoms with E-state index in [0.717, 1.165) is 52.0 Å². The minimum Gasteiger partial charge on any atom is -0.481 e. The largest absolute Gasteiger partial charge is 0.481 e. The molecular formula is C14H28N2O2. The average molecular weight is 256 g/mol. The summed E-state index contributed by atoms with van der Waals surface area (Å²) in [4.78, 5) is 13.5. The van der Waals surface area contributed by atoms with Gasteiger partial charge in [0.05, 0.1) is 5.92 Å². The van der Waals surface area contributed by atoms with E-state index in [0.29, 0.717) is 5.92 Å². The Morgan fingerprint density at radius 2 is 1.94 bits per heavy atom. The van der Waals surface area contributed by atoms with Gasteiger partial charge in [0, 0.05) is 13.1 Å². The van der Waals surface area contributed by atoms with Crippen LogP contribution in [-0.2, 0) is 4.79 Å². The highest BCUT2D eigenvalue weighted by molar-refractivity contribution is 5.70. The van der Waals surface area contributed by atoms with Gasteiger partial charge in [-0.25, -0.2) is 0 Å². The Hall–Kier alpha value is -0.610. The second kappa shape index (κ2) is 8.48. The number of hydrogen-bond donors (Lipinski definition) is 2. The fourth-order valence-electron chi connectivity index (χ4n) is 2.84. The molecule has 1 rings (SSSR count). The first-order valence-corrected chi connectivity index (χ1v) is 7.34. The van der Waals surface area contributed by atoms with Gasteiger partial charge in [-0.2, -0.15) is 0 Å². The molecule has 0 saturated heterocycles. The lowest BCUT2D eigenvalue weighted by Crippen LogP contribution is -2.38. The topological polar surface area (TPSA) is 52.6 Å².